The number of hydrogen-bond donors (Lipinski definition) is 0. The van der Waals surface area contributed by atoms with E-state index in [1.807, 2.05) is 24.3 Å². The van der Waals surface area contributed by atoms with Gasteiger partial charge in [-0.25, -0.2) is 5.01 Å². The van der Waals surface area contributed by atoms with Crippen LogP contribution in [0, 0.1) is 0 Å². The Morgan fingerprint density at radius 2 is 1.53 bits per heavy atom. The molecule has 1 atom stereocenters. The summed E-state index contributed by atoms with van der Waals surface area (Å²) in [6.07, 6.45) is 0.501. The number of hydrogen-bond acceptors (Lipinski definition) is 7. The second kappa shape index (κ2) is 8.94. The molecule has 1 amide bonds. The van der Waals surface area contributed by atoms with Crippen molar-refractivity contribution in [3.63, 3.8) is 0 Å². The van der Waals surface area contributed by atoms with Gasteiger partial charge in [-0.3, -0.25) is 4.79 Å². The number of carbonyl (C=O) groups excluding carboxylic acids is 1. The number of ether oxygens (including phenoxy) is 5. The van der Waals surface area contributed by atoms with Crippen molar-refractivity contribution in [2.45, 2.75) is 19.4 Å². The number of carbonyl (C=O) groups is 1. The summed E-state index contributed by atoms with van der Waals surface area (Å²) >= 11 is 0. The molecule has 0 spiro atoms. The highest BCUT2D eigenvalue weighted by molar-refractivity contribution is 6.05. The van der Waals surface area contributed by atoms with Gasteiger partial charge in [0.1, 0.15) is 11.5 Å². The summed E-state index contributed by atoms with van der Waals surface area (Å²) in [5.41, 5.74) is 2.37. The molecule has 0 unspecified atom stereocenters. The van der Waals surface area contributed by atoms with E-state index < -0.39 is 0 Å². The predicted molar refractivity (Wildman–Crippen MR) is 112 cm³/mol. The van der Waals surface area contributed by atoms with Gasteiger partial charge in [-0.2, -0.15) is 5.10 Å². The molecule has 3 rings (SSSR count). The molecule has 8 nitrogen and oxygen atoms in total. The lowest BCUT2D eigenvalue weighted by molar-refractivity contribution is -0.130. The Morgan fingerprint density at radius 3 is 2.03 bits per heavy atom. The van der Waals surface area contributed by atoms with E-state index in [4.69, 9.17) is 23.7 Å². The molecule has 2 aromatic rings. The summed E-state index contributed by atoms with van der Waals surface area (Å²) < 4.78 is 27.1. The zero-order valence-electron chi connectivity index (χ0n) is 18.0. The van der Waals surface area contributed by atoms with Crippen LogP contribution < -0.4 is 23.7 Å². The Bertz CT molecular complexity index is 947. The van der Waals surface area contributed by atoms with Crippen LogP contribution >= 0.6 is 0 Å². The molecule has 30 heavy (non-hydrogen) atoms. The summed E-state index contributed by atoms with van der Waals surface area (Å²) in [6, 6.07) is 8.87. The third-order valence-electron chi connectivity index (χ3n) is 5.02. The van der Waals surface area contributed by atoms with Gasteiger partial charge >= 0.3 is 0 Å². The molecule has 2 aromatic carbocycles. The van der Waals surface area contributed by atoms with E-state index in [2.05, 4.69) is 5.10 Å². The summed E-state index contributed by atoms with van der Waals surface area (Å²) in [4.78, 5) is 12.4. The van der Waals surface area contributed by atoms with Gasteiger partial charge in [0, 0.05) is 25.0 Å². The molecular formula is C22H26N2O6. The van der Waals surface area contributed by atoms with E-state index in [1.54, 1.807) is 41.6 Å². The van der Waals surface area contributed by atoms with Gasteiger partial charge in [0.15, 0.2) is 11.5 Å². The van der Waals surface area contributed by atoms with E-state index >= 15 is 0 Å². The highest BCUT2D eigenvalue weighted by Crippen LogP contribution is 2.43. The molecule has 8 heteroatoms. The fourth-order valence-corrected chi connectivity index (χ4v) is 3.55. The van der Waals surface area contributed by atoms with Gasteiger partial charge in [0.05, 0.1) is 47.3 Å². The van der Waals surface area contributed by atoms with Gasteiger partial charge in [0.2, 0.25) is 11.7 Å². The molecule has 0 aromatic heterocycles. The highest BCUT2D eigenvalue weighted by Gasteiger charge is 2.34. The highest BCUT2D eigenvalue weighted by atomic mass is 16.5. The lowest BCUT2D eigenvalue weighted by atomic mass is 9.97. The van der Waals surface area contributed by atoms with Crippen molar-refractivity contribution in [1.29, 1.82) is 0 Å². The molecule has 0 fully saturated rings. The smallest absolute Gasteiger partial charge is 0.240 e. The largest absolute Gasteiger partial charge is 0.497 e. The number of amides is 1. The van der Waals surface area contributed by atoms with E-state index in [0.29, 0.717) is 35.2 Å². The zero-order chi connectivity index (χ0) is 21.8. The van der Waals surface area contributed by atoms with Crippen molar-refractivity contribution in [2.75, 3.05) is 35.5 Å². The lowest BCUT2D eigenvalue weighted by Crippen LogP contribution is -2.24. The van der Waals surface area contributed by atoms with Crippen LogP contribution in [-0.4, -0.2) is 52.2 Å². The van der Waals surface area contributed by atoms with Crippen molar-refractivity contribution < 1.29 is 28.5 Å². The second-order valence-electron chi connectivity index (χ2n) is 6.66. The Hall–Kier alpha value is -3.42. The maximum atomic E-state index is 12.4. The molecule has 160 valence electrons. The predicted octanol–water partition coefficient (Wildman–Crippen LogP) is 3.43. The van der Waals surface area contributed by atoms with E-state index in [9.17, 15) is 4.79 Å². The van der Waals surface area contributed by atoms with Crippen molar-refractivity contribution in [2.24, 2.45) is 5.10 Å². The van der Waals surface area contributed by atoms with Gasteiger partial charge in [0.25, 0.3) is 0 Å². The average Bonchev–Trinajstić information content (AvgIpc) is 3.23. The van der Waals surface area contributed by atoms with Crippen LogP contribution in [-0.2, 0) is 4.79 Å². The van der Waals surface area contributed by atoms with Crippen LogP contribution in [0.2, 0.25) is 0 Å². The number of methoxy groups -OCH3 is 5. The maximum absolute atomic E-state index is 12.4. The third kappa shape index (κ3) is 3.85. The number of nitrogens with zero attached hydrogens (tertiary/aromatic N) is 2. The molecule has 0 radical (unpaired) electrons. The second-order valence-corrected chi connectivity index (χ2v) is 6.66. The summed E-state index contributed by atoms with van der Waals surface area (Å²) in [5, 5.41) is 6.07. The molecule has 0 aliphatic carbocycles. The van der Waals surface area contributed by atoms with Crippen LogP contribution in [0.15, 0.2) is 35.4 Å². The van der Waals surface area contributed by atoms with Gasteiger partial charge < -0.3 is 23.7 Å². The third-order valence-corrected chi connectivity index (χ3v) is 5.02. The zero-order valence-corrected chi connectivity index (χ0v) is 18.0. The van der Waals surface area contributed by atoms with Crippen LogP contribution in [0.3, 0.4) is 0 Å². The lowest BCUT2D eigenvalue weighted by Gasteiger charge is -2.22. The fourth-order valence-electron chi connectivity index (χ4n) is 3.55. The molecule has 0 saturated heterocycles. The van der Waals surface area contributed by atoms with Gasteiger partial charge in [-0.05, 0) is 29.8 Å². The first-order chi connectivity index (χ1) is 14.5. The molecule has 0 N–H and O–H groups in total. The van der Waals surface area contributed by atoms with Crippen LogP contribution in [0.4, 0.5) is 0 Å². The molecule has 1 aliphatic rings. The molecule has 0 bridgehead atoms. The van der Waals surface area contributed by atoms with Crippen LogP contribution in [0.5, 0.6) is 28.7 Å². The Morgan fingerprint density at radius 1 is 0.900 bits per heavy atom. The first kappa shape index (κ1) is 21.3. The van der Waals surface area contributed by atoms with Crippen molar-refractivity contribution in [3.05, 3.63) is 41.5 Å². The van der Waals surface area contributed by atoms with Crippen molar-refractivity contribution in [1.82, 2.24) is 5.01 Å². The standard InChI is InChI=1S/C22H26N2O6/c1-13(25)24-18(14-9-20(28-4)22(30-6)21(10-14)29-5)12-17(23-24)16-8-7-15(26-2)11-19(16)27-3/h7-11,18H,12H2,1-6H3/t18-/m0/s1. The topological polar surface area (TPSA) is 78.8 Å². The molecular weight excluding hydrogens is 388 g/mol. The molecule has 1 aliphatic heterocycles. The Labute approximate surface area is 175 Å². The van der Waals surface area contributed by atoms with Crippen molar-refractivity contribution in [3.8, 4) is 28.7 Å². The summed E-state index contributed by atoms with van der Waals surface area (Å²) in [6.45, 7) is 1.49. The summed E-state index contributed by atoms with van der Waals surface area (Å²) in [7, 11) is 7.85. The molecule has 0 saturated carbocycles. The van der Waals surface area contributed by atoms with Gasteiger partial charge in [-0.15, -0.1) is 0 Å². The first-order valence-electron chi connectivity index (χ1n) is 9.36. The van der Waals surface area contributed by atoms with Crippen molar-refractivity contribution >= 4 is 11.6 Å². The SMILES string of the molecule is COc1ccc(C2=NN(C(C)=O)[C@H](c3cc(OC)c(OC)c(OC)c3)C2)c(OC)c1. The normalized spacial score (nSPS) is 15.5. The minimum Gasteiger partial charge on any atom is -0.497 e. The molecule has 1 heterocycles. The summed E-state index contributed by atoms with van der Waals surface area (Å²) in [5.74, 6) is 2.67. The Kier molecular flexibility index (Phi) is 6.34. The quantitative estimate of drug-likeness (QED) is 0.691. The van der Waals surface area contributed by atoms with E-state index in [1.165, 1.54) is 11.9 Å². The first-order valence-corrected chi connectivity index (χ1v) is 9.36. The van der Waals surface area contributed by atoms with Crippen LogP contribution in [0.1, 0.15) is 30.5 Å². The minimum absolute atomic E-state index is 0.170. The number of hydrazone groups is 1. The average molecular weight is 414 g/mol. The minimum atomic E-state index is -0.321. The Balaban J connectivity index is 2.04. The van der Waals surface area contributed by atoms with Gasteiger partial charge in [-0.1, -0.05) is 0 Å². The fraction of sp³-hybridized carbons (Fsp3) is 0.364. The monoisotopic (exact) mass is 414 g/mol. The van der Waals surface area contributed by atoms with Crippen LogP contribution in [0.25, 0.3) is 0 Å². The maximum Gasteiger partial charge on any atom is 0.240 e. The number of benzene rings is 2. The van der Waals surface area contributed by atoms with E-state index in [-0.39, 0.29) is 11.9 Å². The number of rotatable bonds is 7. The van der Waals surface area contributed by atoms with E-state index in [0.717, 1.165) is 16.8 Å².